The largest absolute Gasteiger partial charge is 0.494 e. The lowest BCUT2D eigenvalue weighted by molar-refractivity contribution is 0.340. The van der Waals surface area contributed by atoms with Crippen molar-refractivity contribution in [1.82, 2.24) is 9.97 Å². The Hall–Kier alpha value is -1.42. The maximum absolute atomic E-state index is 5.52. The summed E-state index contributed by atoms with van der Waals surface area (Å²) in [7, 11) is 0. The summed E-state index contributed by atoms with van der Waals surface area (Å²) in [5.41, 5.74) is 1.97. The van der Waals surface area contributed by atoms with Crippen molar-refractivity contribution in [3.05, 3.63) is 40.8 Å². The normalized spacial score (nSPS) is 10.5. The number of benzene rings is 1. The van der Waals surface area contributed by atoms with Crippen molar-refractivity contribution in [1.29, 1.82) is 0 Å². The number of halogens is 1. The third kappa shape index (κ3) is 3.77. The molecular weight excluding hydrogens is 304 g/mol. The first-order valence-corrected chi connectivity index (χ1v) is 7.29. The molecule has 1 aromatic carbocycles. The fraction of sp³-hybridized carbons (Fsp3) is 0.333. The van der Waals surface area contributed by atoms with Crippen LogP contribution in [0.1, 0.15) is 26.1 Å². The van der Waals surface area contributed by atoms with Crippen LogP contribution in [0.4, 0.5) is 0 Å². The fourth-order valence-corrected chi connectivity index (χ4v) is 2.28. The standard InChI is InChI=1S/C15H17BrN2O/c1-3-6-15-17-13(10-14(16)18-15)11-7-5-8-12(9-11)19-4-2/h5,7-10H,3-4,6H2,1-2H3. The third-order valence-electron chi connectivity index (χ3n) is 2.66. The van der Waals surface area contributed by atoms with E-state index in [0.717, 1.165) is 40.3 Å². The van der Waals surface area contributed by atoms with Crippen LogP contribution in [0.2, 0.25) is 0 Å². The summed E-state index contributed by atoms with van der Waals surface area (Å²) in [6.07, 6.45) is 1.92. The molecule has 1 heterocycles. The van der Waals surface area contributed by atoms with Crippen LogP contribution in [0.3, 0.4) is 0 Å². The lowest BCUT2D eigenvalue weighted by Crippen LogP contribution is -1.97. The Balaban J connectivity index is 2.37. The minimum atomic E-state index is 0.665. The second kappa shape index (κ2) is 6.66. The minimum absolute atomic E-state index is 0.665. The number of hydrogen-bond acceptors (Lipinski definition) is 3. The molecule has 0 spiro atoms. The van der Waals surface area contributed by atoms with Crippen molar-refractivity contribution in [3.8, 4) is 17.0 Å². The van der Waals surface area contributed by atoms with E-state index in [4.69, 9.17) is 4.74 Å². The summed E-state index contributed by atoms with van der Waals surface area (Å²) in [6, 6.07) is 9.91. The molecule has 19 heavy (non-hydrogen) atoms. The van der Waals surface area contributed by atoms with Crippen LogP contribution < -0.4 is 4.74 Å². The molecule has 2 rings (SSSR count). The summed E-state index contributed by atoms with van der Waals surface area (Å²) < 4.78 is 6.34. The summed E-state index contributed by atoms with van der Waals surface area (Å²) >= 11 is 3.45. The molecule has 4 heteroatoms. The van der Waals surface area contributed by atoms with Crippen LogP contribution in [0.15, 0.2) is 34.9 Å². The van der Waals surface area contributed by atoms with Gasteiger partial charge in [-0.3, -0.25) is 0 Å². The Morgan fingerprint density at radius 3 is 2.74 bits per heavy atom. The highest BCUT2D eigenvalue weighted by Gasteiger charge is 2.06. The summed E-state index contributed by atoms with van der Waals surface area (Å²) in [4.78, 5) is 8.98. The number of hydrogen-bond donors (Lipinski definition) is 0. The van der Waals surface area contributed by atoms with E-state index in [-0.39, 0.29) is 0 Å². The van der Waals surface area contributed by atoms with Gasteiger partial charge in [-0.2, -0.15) is 0 Å². The average Bonchev–Trinajstić information content (AvgIpc) is 2.39. The van der Waals surface area contributed by atoms with E-state index < -0.39 is 0 Å². The highest BCUT2D eigenvalue weighted by atomic mass is 79.9. The van der Waals surface area contributed by atoms with Crippen molar-refractivity contribution in [3.63, 3.8) is 0 Å². The van der Waals surface area contributed by atoms with Crippen molar-refractivity contribution in [2.75, 3.05) is 6.61 Å². The lowest BCUT2D eigenvalue weighted by atomic mass is 10.1. The van der Waals surface area contributed by atoms with Gasteiger partial charge < -0.3 is 4.74 Å². The molecular formula is C15H17BrN2O. The van der Waals surface area contributed by atoms with Crippen molar-refractivity contribution in [2.24, 2.45) is 0 Å². The number of nitrogens with zero attached hydrogens (tertiary/aromatic N) is 2. The van der Waals surface area contributed by atoms with Crippen molar-refractivity contribution in [2.45, 2.75) is 26.7 Å². The predicted octanol–water partition coefficient (Wildman–Crippen LogP) is 4.26. The van der Waals surface area contributed by atoms with Crippen LogP contribution >= 0.6 is 15.9 Å². The number of rotatable bonds is 5. The maximum atomic E-state index is 5.52. The first-order valence-electron chi connectivity index (χ1n) is 6.49. The molecule has 3 nitrogen and oxygen atoms in total. The Labute approximate surface area is 122 Å². The molecule has 0 saturated carbocycles. The lowest BCUT2D eigenvalue weighted by Gasteiger charge is -2.07. The third-order valence-corrected chi connectivity index (χ3v) is 3.06. The van der Waals surface area contributed by atoms with Gasteiger partial charge in [0.2, 0.25) is 0 Å². The van der Waals surface area contributed by atoms with E-state index in [0.29, 0.717) is 6.61 Å². The van der Waals surface area contributed by atoms with Crippen LogP contribution in [-0.2, 0) is 6.42 Å². The molecule has 0 fully saturated rings. The van der Waals surface area contributed by atoms with Gasteiger partial charge in [0.15, 0.2) is 0 Å². The van der Waals surface area contributed by atoms with E-state index in [1.807, 2.05) is 37.3 Å². The molecule has 100 valence electrons. The molecule has 0 aliphatic carbocycles. The van der Waals surface area contributed by atoms with E-state index in [1.54, 1.807) is 0 Å². The Kier molecular flexibility index (Phi) is 4.91. The van der Waals surface area contributed by atoms with Gasteiger partial charge in [0.1, 0.15) is 16.2 Å². The zero-order valence-electron chi connectivity index (χ0n) is 11.2. The monoisotopic (exact) mass is 320 g/mol. The van der Waals surface area contributed by atoms with Gasteiger partial charge in [-0.15, -0.1) is 0 Å². The average molecular weight is 321 g/mol. The van der Waals surface area contributed by atoms with Crippen LogP contribution in [-0.4, -0.2) is 16.6 Å². The van der Waals surface area contributed by atoms with Gasteiger partial charge in [-0.25, -0.2) is 9.97 Å². The van der Waals surface area contributed by atoms with Gasteiger partial charge in [0.25, 0.3) is 0 Å². The molecule has 0 unspecified atom stereocenters. The fourth-order valence-electron chi connectivity index (χ4n) is 1.86. The van der Waals surface area contributed by atoms with E-state index in [9.17, 15) is 0 Å². The maximum Gasteiger partial charge on any atom is 0.130 e. The SMILES string of the molecule is CCCc1nc(Br)cc(-c2cccc(OCC)c2)n1. The van der Waals surface area contributed by atoms with Crippen LogP contribution in [0.25, 0.3) is 11.3 Å². The van der Waals surface area contributed by atoms with Crippen molar-refractivity contribution >= 4 is 15.9 Å². The van der Waals surface area contributed by atoms with Gasteiger partial charge in [0, 0.05) is 12.0 Å². The second-order valence-electron chi connectivity index (χ2n) is 4.20. The number of aromatic nitrogens is 2. The van der Waals surface area contributed by atoms with E-state index in [1.165, 1.54) is 0 Å². The van der Waals surface area contributed by atoms with Crippen molar-refractivity contribution < 1.29 is 4.74 Å². The molecule has 0 bridgehead atoms. The topological polar surface area (TPSA) is 35.0 Å². The Bertz CT molecular complexity index is 558. The first kappa shape index (κ1) is 14.0. The Morgan fingerprint density at radius 1 is 1.16 bits per heavy atom. The quantitative estimate of drug-likeness (QED) is 0.772. The highest BCUT2D eigenvalue weighted by molar-refractivity contribution is 9.10. The molecule has 0 amide bonds. The predicted molar refractivity (Wildman–Crippen MR) is 80.3 cm³/mol. The zero-order chi connectivity index (χ0) is 13.7. The zero-order valence-corrected chi connectivity index (χ0v) is 12.8. The van der Waals surface area contributed by atoms with E-state index in [2.05, 4.69) is 32.8 Å². The molecule has 2 aromatic rings. The van der Waals surface area contributed by atoms with Gasteiger partial charge in [0.05, 0.1) is 12.3 Å². The van der Waals surface area contributed by atoms with Gasteiger partial charge in [-0.05, 0) is 47.5 Å². The first-order chi connectivity index (χ1) is 9.22. The summed E-state index contributed by atoms with van der Waals surface area (Å²) in [5.74, 6) is 1.74. The molecule has 0 aliphatic heterocycles. The molecule has 0 atom stereocenters. The van der Waals surface area contributed by atoms with E-state index >= 15 is 0 Å². The molecule has 0 saturated heterocycles. The molecule has 0 aliphatic rings. The number of aryl methyl sites for hydroxylation is 1. The second-order valence-corrected chi connectivity index (χ2v) is 5.02. The van der Waals surface area contributed by atoms with Crippen LogP contribution in [0, 0.1) is 0 Å². The number of ether oxygens (including phenoxy) is 1. The summed E-state index contributed by atoms with van der Waals surface area (Å²) in [5, 5.41) is 0. The summed E-state index contributed by atoms with van der Waals surface area (Å²) in [6.45, 7) is 4.77. The molecule has 0 radical (unpaired) electrons. The Morgan fingerprint density at radius 2 is 2.00 bits per heavy atom. The van der Waals surface area contributed by atoms with Crippen LogP contribution in [0.5, 0.6) is 5.75 Å². The highest BCUT2D eigenvalue weighted by Crippen LogP contribution is 2.24. The van der Waals surface area contributed by atoms with Gasteiger partial charge >= 0.3 is 0 Å². The smallest absolute Gasteiger partial charge is 0.130 e. The molecule has 0 N–H and O–H groups in total. The minimum Gasteiger partial charge on any atom is -0.494 e. The van der Waals surface area contributed by atoms with Gasteiger partial charge in [-0.1, -0.05) is 19.1 Å². The molecule has 1 aromatic heterocycles.